The van der Waals surface area contributed by atoms with Gasteiger partial charge in [0, 0.05) is 57.1 Å². The standard InChI is InChI=1S/C19H32N4O.C4H6O4/c1-2-6-17(7-3-1)22-12-10-21(11-13-22)14-15-24-19-16-18-8-4-5-9-23(18)20-19;1-2-3-4-6-8-7-5/h16-17H,1-15H2;5H,4H2,1H3. The number of aryl methyl sites for hydroxylation is 2. The second kappa shape index (κ2) is 14.5. The first-order valence-corrected chi connectivity index (χ1v) is 12.0. The van der Waals surface area contributed by atoms with Crippen LogP contribution in [0.4, 0.5) is 0 Å². The van der Waals surface area contributed by atoms with Crippen molar-refractivity contribution in [2.24, 2.45) is 0 Å². The molecule has 0 bridgehead atoms. The van der Waals surface area contributed by atoms with Gasteiger partial charge in [-0.05, 0) is 49.1 Å². The maximum Gasteiger partial charge on any atom is 0.233 e. The minimum atomic E-state index is 0.0804. The van der Waals surface area contributed by atoms with Gasteiger partial charge in [0.25, 0.3) is 0 Å². The van der Waals surface area contributed by atoms with Crippen LogP contribution in [0.3, 0.4) is 0 Å². The number of piperazine rings is 1. The van der Waals surface area contributed by atoms with Crippen LogP contribution < -0.4 is 4.74 Å². The van der Waals surface area contributed by atoms with Gasteiger partial charge in [0.2, 0.25) is 5.88 Å². The second-order valence-electron chi connectivity index (χ2n) is 8.50. The van der Waals surface area contributed by atoms with Crippen molar-refractivity contribution in [2.45, 2.75) is 70.9 Å². The molecule has 0 spiro atoms. The van der Waals surface area contributed by atoms with E-state index in [1.807, 2.05) is 0 Å². The van der Waals surface area contributed by atoms with Gasteiger partial charge in [0.05, 0.1) is 0 Å². The number of aromatic nitrogens is 2. The number of rotatable bonds is 8. The van der Waals surface area contributed by atoms with Gasteiger partial charge in [-0.1, -0.05) is 25.2 Å². The summed E-state index contributed by atoms with van der Waals surface area (Å²) in [6, 6.07) is 3.01. The molecule has 9 heteroatoms. The first-order valence-electron chi connectivity index (χ1n) is 12.0. The molecule has 2 fully saturated rings. The number of fused-ring (bicyclic) bond motifs is 1. The van der Waals surface area contributed by atoms with Crippen molar-refractivity contribution in [2.75, 3.05) is 45.9 Å². The van der Waals surface area contributed by atoms with Crippen molar-refractivity contribution >= 4 is 0 Å². The Morgan fingerprint density at radius 1 is 1.06 bits per heavy atom. The van der Waals surface area contributed by atoms with Crippen molar-refractivity contribution in [3.63, 3.8) is 0 Å². The van der Waals surface area contributed by atoms with Crippen LogP contribution in [0.25, 0.3) is 0 Å². The van der Waals surface area contributed by atoms with Crippen molar-refractivity contribution in [1.82, 2.24) is 19.6 Å². The molecule has 4 rings (SSSR count). The van der Waals surface area contributed by atoms with Crippen molar-refractivity contribution in [1.29, 1.82) is 0 Å². The largest absolute Gasteiger partial charge is 0.475 e. The zero-order chi connectivity index (χ0) is 22.4. The molecule has 3 heterocycles. The van der Waals surface area contributed by atoms with E-state index in [-0.39, 0.29) is 6.61 Å². The fraction of sp³-hybridized carbons (Fsp3) is 0.783. The topological polar surface area (TPSA) is 81.5 Å². The SMILES string of the molecule is CC#CCOOOO.c1c(OCCN2CCN(C3CCCCC3)CC2)nn2c1CCCC2. The van der Waals surface area contributed by atoms with Gasteiger partial charge in [-0.15, -0.1) is 11.0 Å². The summed E-state index contributed by atoms with van der Waals surface area (Å²) in [7, 11) is 0. The quantitative estimate of drug-likeness (QED) is 0.280. The Labute approximate surface area is 191 Å². The van der Waals surface area contributed by atoms with E-state index in [1.165, 1.54) is 76.8 Å². The van der Waals surface area contributed by atoms with E-state index in [4.69, 9.17) is 9.99 Å². The van der Waals surface area contributed by atoms with Crippen LogP contribution in [0.2, 0.25) is 0 Å². The van der Waals surface area contributed by atoms with E-state index in [0.29, 0.717) is 0 Å². The molecule has 2 aliphatic heterocycles. The lowest BCUT2D eigenvalue weighted by Gasteiger charge is -2.40. The third kappa shape index (κ3) is 8.35. The summed E-state index contributed by atoms with van der Waals surface area (Å²) in [4.78, 5) is 9.36. The Hall–Kier alpha value is -1.67. The molecule has 0 amide bonds. The molecular formula is C23H38N4O5. The Kier molecular flexibility index (Phi) is 11.3. The number of hydrogen-bond acceptors (Lipinski definition) is 8. The first-order chi connectivity index (χ1) is 15.8. The zero-order valence-corrected chi connectivity index (χ0v) is 19.3. The summed E-state index contributed by atoms with van der Waals surface area (Å²) < 4.78 is 8.04. The summed E-state index contributed by atoms with van der Waals surface area (Å²) in [6.07, 6.45) is 10.9. The highest BCUT2D eigenvalue weighted by Gasteiger charge is 2.25. The minimum Gasteiger partial charge on any atom is -0.475 e. The Balaban J connectivity index is 0.000000312. The Morgan fingerprint density at radius 3 is 2.59 bits per heavy atom. The fourth-order valence-corrected chi connectivity index (χ4v) is 4.69. The molecule has 1 N–H and O–H groups in total. The predicted octanol–water partition coefficient (Wildman–Crippen LogP) is 2.91. The lowest BCUT2D eigenvalue weighted by atomic mass is 9.94. The summed E-state index contributed by atoms with van der Waals surface area (Å²) in [5.74, 6) is 5.86. The predicted molar refractivity (Wildman–Crippen MR) is 120 cm³/mol. The number of hydrogen-bond donors (Lipinski definition) is 1. The summed E-state index contributed by atoms with van der Waals surface area (Å²) in [6.45, 7) is 9.45. The molecule has 1 aliphatic carbocycles. The van der Waals surface area contributed by atoms with Crippen molar-refractivity contribution in [3.8, 4) is 17.7 Å². The Bertz CT molecular complexity index is 679. The van der Waals surface area contributed by atoms with Crippen LogP contribution in [0, 0.1) is 11.8 Å². The minimum absolute atomic E-state index is 0.0804. The molecule has 0 atom stereocenters. The Morgan fingerprint density at radius 2 is 1.88 bits per heavy atom. The van der Waals surface area contributed by atoms with Crippen LogP contribution in [-0.2, 0) is 27.9 Å². The highest BCUT2D eigenvalue weighted by molar-refractivity contribution is 5.16. The average molecular weight is 451 g/mol. The maximum atomic E-state index is 7.47. The van der Waals surface area contributed by atoms with E-state index < -0.39 is 0 Å². The lowest BCUT2D eigenvalue weighted by molar-refractivity contribution is -0.620. The summed E-state index contributed by atoms with van der Waals surface area (Å²) >= 11 is 0. The normalized spacial score (nSPS) is 19.9. The molecule has 32 heavy (non-hydrogen) atoms. The molecule has 0 radical (unpaired) electrons. The molecule has 1 aromatic heterocycles. The smallest absolute Gasteiger partial charge is 0.233 e. The van der Waals surface area contributed by atoms with Crippen LogP contribution in [0.15, 0.2) is 6.07 Å². The molecular weight excluding hydrogens is 412 g/mol. The highest BCUT2D eigenvalue weighted by atomic mass is 17.6. The van der Waals surface area contributed by atoms with Gasteiger partial charge in [-0.25, -0.2) is 5.26 Å². The van der Waals surface area contributed by atoms with Crippen molar-refractivity contribution in [3.05, 3.63) is 11.8 Å². The molecule has 3 aliphatic rings. The molecule has 1 saturated carbocycles. The van der Waals surface area contributed by atoms with E-state index in [1.54, 1.807) is 6.92 Å². The van der Waals surface area contributed by atoms with Crippen molar-refractivity contribution < 1.29 is 25.0 Å². The van der Waals surface area contributed by atoms with Gasteiger partial charge in [-0.3, -0.25) is 14.5 Å². The second-order valence-corrected chi connectivity index (χ2v) is 8.50. The van der Waals surface area contributed by atoms with E-state index in [2.05, 4.69) is 52.5 Å². The third-order valence-corrected chi connectivity index (χ3v) is 6.44. The van der Waals surface area contributed by atoms with E-state index in [0.717, 1.165) is 38.0 Å². The van der Waals surface area contributed by atoms with Gasteiger partial charge in [0.15, 0.2) is 0 Å². The molecule has 1 saturated heterocycles. The fourth-order valence-electron chi connectivity index (χ4n) is 4.69. The number of ether oxygens (including phenoxy) is 1. The molecule has 0 unspecified atom stereocenters. The molecule has 0 aromatic carbocycles. The van der Waals surface area contributed by atoms with Crippen LogP contribution >= 0.6 is 0 Å². The number of nitrogens with zero attached hydrogens (tertiary/aromatic N) is 4. The monoisotopic (exact) mass is 450 g/mol. The van der Waals surface area contributed by atoms with Gasteiger partial charge in [-0.2, -0.15) is 4.89 Å². The van der Waals surface area contributed by atoms with Gasteiger partial charge >= 0.3 is 0 Å². The van der Waals surface area contributed by atoms with E-state index >= 15 is 0 Å². The zero-order valence-electron chi connectivity index (χ0n) is 19.3. The van der Waals surface area contributed by atoms with Gasteiger partial charge in [0.1, 0.15) is 13.2 Å². The first kappa shape index (κ1) is 25.0. The molecule has 9 nitrogen and oxygen atoms in total. The maximum absolute atomic E-state index is 7.47. The average Bonchev–Trinajstić information content (AvgIpc) is 3.26. The highest BCUT2D eigenvalue weighted by Crippen LogP contribution is 2.23. The summed E-state index contributed by atoms with van der Waals surface area (Å²) in [5, 5.41) is 18.7. The lowest BCUT2D eigenvalue weighted by Crippen LogP contribution is -2.51. The van der Waals surface area contributed by atoms with Crippen LogP contribution in [0.1, 0.15) is 57.6 Å². The summed E-state index contributed by atoms with van der Waals surface area (Å²) in [5.41, 5.74) is 1.34. The van der Waals surface area contributed by atoms with Gasteiger partial charge < -0.3 is 4.74 Å². The van der Waals surface area contributed by atoms with Crippen LogP contribution in [-0.4, -0.2) is 76.8 Å². The van der Waals surface area contributed by atoms with E-state index in [9.17, 15) is 0 Å². The van der Waals surface area contributed by atoms with Crippen LogP contribution in [0.5, 0.6) is 5.88 Å². The molecule has 1 aromatic rings. The molecule has 180 valence electrons. The third-order valence-electron chi connectivity index (χ3n) is 6.44.